The molecular weight excluding hydrogens is 258 g/mol. The maximum atomic E-state index is 6.15. The number of aryl methyl sites for hydroxylation is 1. The molecular formula is C19H23NO. The number of hydrogen-bond acceptors (Lipinski definition) is 2. The molecule has 21 heavy (non-hydrogen) atoms. The Balaban J connectivity index is 1.63. The summed E-state index contributed by atoms with van der Waals surface area (Å²) in [6.45, 7) is 3.15. The molecule has 0 saturated carbocycles. The van der Waals surface area contributed by atoms with Crippen molar-refractivity contribution in [1.29, 1.82) is 0 Å². The van der Waals surface area contributed by atoms with Gasteiger partial charge in [0.2, 0.25) is 0 Å². The lowest BCUT2D eigenvalue weighted by atomic mass is 9.98. The Morgan fingerprint density at radius 1 is 1.10 bits per heavy atom. The smallest absolute Gasteiger partial charge is 0.123 e. The minimum atomic E-state index is 0.256. The summed E-state index contributed by atoms with van der Waals surface area (Å²) < 4.78 is 6.15. The summed E-state index contributed by atoms with van der Waals surface area (Å²) in [5, 5.41) is 3.60. The van der Waals surface area contributed by atoms with Gasteiger partial charge in [-0.05, 0) is 36.6 Å². The van der Waals surface area contributed by atoms with Crippen molar-refractivity contribution >= 4 is 0 Å². The van der Waals surface area contributed by atoms with Crippen LogP contribution in [0.5, 0.6) is 5.75 Å². The molecule has 1 N–H and O–H groups in total. The molecule has 1 aliphatic heterocycles. The lowest BCUT2D eigenvalue weighted by Crippen LogP contribution is -2.42. The molecule has 110 valence electrons. The van der Waals surface area contributed by atoms with E-state index in [1.165, 1.54) is 11.1 Å². The SMILES string of the molecule is CCNC(CCc1ccccc1)C1Cc2ccccc2O1. The van der Waals surface area contributed by atoms with Gasteiger partial charge < -0.3 is 10.1 Å². The third kappa shape index (κ3) is 3.45. The highest BCUT2D eigenvalue weighted by atomic mass is 16.5. The molecule has 2 heteroatoms. The summed E-state index contributed by atoms with van der Waals surface area (Å²) in [6.07, 6.45) is 3.47. The van der Waals surface area contributed by atoms with Gasteiger partial charge in [0.1, 0.15) is 11.9 Å². The van der Waals surface area contributed by atoms with Gasteiger partial charge in [-0.3, -0.25) is 0 Å². The Bertz CT molecular complexity index is 542. The van der Waals surface area contributed by atoms with Crippen LogP contribution >= 0.6 is 0 Å². The van der Waals surface area contributed by atoms with Crippen LogP contribution in [0.2, 0.25) is 0 Å². The molecule has 0 saturated heterocycles. The maximum absolute atomic E-state index is 6.15. The van der Waals surface area contributed by atoms with Crippen LogP contribution in [0.4, 0.5) is 0 Å². The Hall–Kier alpha value is -1.80. The molecule has 0 fully saturated rings. The number of hydrogen-bond donors (Lipinski definition) is 1. The molecule has 3 rings (SSSR count). The highest BCUT2D eigenvalue weighted by Gasteiger charge is 2.29. The van der Waals surface area contributed by atoms with E-state index in [4.69, 9.17) is 4.74 Å². The van der Waals surface area contributed by atoms with Crippen LogP contribution in [0.15, 0.2) is 54.6 Å². The van der Waals surface area contributed by atoms with E-state index in [0.29, 0.717) is 6.04 Å². The minimum absolute atomic E-state index is 0.256. The third-order valence-electron chi connectivity index (χ3n) is 4.17. The molecule has 2 aromatic carbocycles. The normalized spacial score (nSPS) is 18.0. The van der Waals surface area contributed by atoms with Crippen LogP contribution in [0, 0.1) is 0 Å². The van der Waals surface area contributed by atoms with Gasteiger partial charge >= 0.3 is 0 Å². The van der Waals surface area contributed by atoms with Gasteiger partial charge in [-0.25, -0.2) is 0 Å². The predicted molar refractivity (Wildman–Crippen MR) is 86.8 cm³/mol. The molecule has 0 bridgehead atoms. The zero-order chi connectivity index (χ0) is 14.5. The fourth-order valence-corrected chi connectivity index (χ4v) is 3.08. The van der Waals surface area contributed by atoms with Crippen molar-refractivity contribution in [2.24, 2.45) is 0 Å². The summed E-state index contributed by atoms with van der Waals surface area (Å²) in [5.41, 5.74) is 2.74. The Kier molecular flexibility index (Phi) is 4.56. The summed E-state index contributed by atoms with van der Waals surface area (Å²) in [6, 6.07) is 19.5. The Morgan fingerprint density at radius 2 is 1.86 bits per heavy atom. The monoisotopic (exact) mass is 281 g/mol. The molecule has 0 spiro atoms. The van der Waals surface area contributed by atoms with Gasteiger partial charge in [-0.15, -0.1) is 0 Å². The van der Waals surface area contributed by atoms with Crippen LogP contribution in [-0.4, -0.2) is 18.7 Å². The van der Waals surface area contributed by atoms with Crippen LogP contribution in [-0.2, 0) is 12.8 Å². The van der Waals surface area contributed by atoms with Crippen molar-refractivity contribution in [3.8, 4) is 5.75 Å². The zero-order valence-electron chi connectivity index (χ0n) is 12.6. The number of nitrogens with one attached hydrogen (secondary N) is 1. The standard InChI is InChI=1S/C19H23NO/c1-2-20-17(13-12-15-8-4-3-5-9-15)19-14-16-10-6-7-11-18(16)21-19/h3-11,17,19-20H,2,12-14H2,1H3. The van der Waals surface area contributed by atoms with E-state index < -0.39 is 0 Å². The predicted octanol–water partition coefficient (Wildman–Crippen LogP) is 3.60. The highest BCUT2D eigenvalue weighted by Crippen LogP contribution is 2.30. The van der Waals surface area contributed by atoms with Gasteiger partial charge in [0.25, 0.3) is 0 Å². The van der Waals surface area contributed by atoms with Gasteiger partial charge in [-0.2, -0.15) is 0 Å². The third-order valence-corrected chi connectivity index (χ3v) is 4.17. The van der Waals surface area contributed by atoms with E-state index in [1.54, 1.807) is 0 Å². The molecule has 0 aromatic heterocycles. The van der Waals surface area contributed by atoms with Gasteiger partial charge in [0.05, 0.1) is 0 Å². The van der Waals surface area contributed by atoms with Crippen molar-refractivity contribution in [2.45, 2.75) is 38.3 Å². The van der Waals surface area contributed by atoms with Gasteiger partial charge in [-0.1, -0.05) is 55.5 Å². The van der Waals surface area contributed by atoms with Crippen LogP contribution in [0.1, 0.15) is 24.5 Å². The minimum Gasteiger partial charge on any atom is -0.488 e. The quantitative estimate of drug-likeness (QED) is 0.873. The molecule has 2 nitrogen and oxygen atoms in total. The van der Waals surface area contributed by atoms with Crippen molar-refractivity contribution in [2.75, 3.05) is 6.54 Å². The fraction of sp³-hybridized carbons (Fsp3) is 0.368. The lowest BCUT2D eigenvalue weighted by molar-refractivity contribution is 0.173. The summed E-state index contributed by atoms with van der Waals surface area (Å²) >= 11 is 0. The van der Waals surface area contributed by atoms with E-state index in [9.17, 15) is 0 Å². The molecule has 0 amide bonds. The summed E-state index contributed by atoms with van der Waals surface area (Å²) in [5.74, 6) is 1.06. The number of benzene rings is 2. The Labute approximate surface area is 127 Å². The van der Waals surface area contributed by atoms with Crippen molar-refractivity contribution in [1.82, 2.24) is 5.32 Å². The number of ether oxygens (including phenoxy) is 1. The van der Waals surface area contributed by atoms with Gasteiger partial charge in [0.15, 0.2) is 0 Å². The van der Waals surface area contributed by atoms with E-state index in [1.807, 2.05) is 6.07 Å². The second-order valence-corrected chi connectivity index (χ2v) is 5.66. The van der Waals surface area contributed by atoms with E-state index in [-0.39, 0.29) is 6.10 Å². The molecule has 2 atom stereocenters. The largest absolute Gasteiger partial charge is 0.488 e. The summed E-state index contributed by atoms with van der Waals surface area (Å²) in [7, 11) is 0. The fourth-order valence-electron chi connectivity index (χ4n) is 3.08. The van der Waals surface area contributed by atoms with E-state index in [2.05, 4.69) is 60.8 Å². The highest BCUT2D eigenvalue weighted by molar-refractivity contribution is 5.37. The van der Waals surface area contributed by atoms with Crippen molar-refractivity contribution in [3.63, 3.8) is 0 Å². The average molecular weight is 281 g/mol. The number of likely N-dealkylation sites (N-methyl/N-ethyl adjacent to an activating group) is 1. The van der Waals surface area contributed by atoms with E-state index >= 15 is 0 Å². The first-order chi connectivity index (χ1) is 10.4. The topological polar surface area (TPSA) is 21.3 Å². The zero-order valence-corrected chi connectivity index (χ0v) is 12.6. The van der Waals surface area contributed by atoms with Crippen LogP contribution < -0.4 is 10.1 Å². The lowest BCUT2D eigenvalue weighted by Gasteiger charge is -2.24. The Morgan fingerprint density at radius 3 is 2.62 bits per heavy atom. The first-order valence-corrected chi connectivity index (χ1v) is 7.88. The first kappa shape index (κ1) is 14.2. The first-order valence-electron chi connectivity index (χ1n) is 7.88. The van der Waals surface area contributed by atoms with E-state index in [0.717, 1.165) is 31.6 Å². The summed E-state index contributed by atoms with van der Waals surface area (Å²) in [4.78, 5) is 0. The molecule has 2 unspecified atom stereocenters. The number of para-hydroxylation sites is 1. The maximum Gasteiger partial charge on any atom is 0.123 e. The molecule has 1 aliphatic rings. The molecule has 0 aliphatic carbocycles. The second kappa shape index (κ2) is 6.77. The van der Waals surface area contributed by atoms with Crippen molar-refractivity contribution < 1.29 is 4.74 Å². The van der Waals surface area contributed by atoms with Crippen LogP contribution in [0.25, 0.3) is 0 Å². The molecule has 1 heterocycles. The average Bonchev–Trinajstić information content (AvgIpc) is 2.96. The second-order valence-electron chi connectivity index (χ2n) is 5.66. The van der Waals surface area contributed by atoms with Crippen molar-refractivity contribution in [3.05, 3.63) is 65.7 Å². The number of fused-ring (bicyclic) bond motifs is 1. The number of rotatable bonds is 6. The van der Waals surface area contributed by atoms with Gasteiger partial charge in [0, 0.05) is 12.5 Å². The molecule has 2 aromatic rings. The molecule has 0 radical (unpaired) electrons. The van der Waals surface area contributed by atoms with Crippen LogP contribution in [0.3, 0.4) is 0 Å².